The highest BCUT2D eigenvalue weighted by Crippen LogP contribution is 2.20. The van der Waals surface area contributed by atoms with Gasteiger partial charge in [-0.25, -0.2) is 0 Å². The summed E-state index contributed by atoms with van der Waals surface area (Å²) >= 11 is 11.8. The van der Waals surface area contributed by atoms with Crippen LogP contribution in [0, 0.1) is 0 Å². The molecule has 3 nitrogen and oxygen atoms in total. The van der Waals surface area contributed by atoms with Gasteiger partial charge in [-0.2, -0.15) is 0 Å². The molecule has 1 aromatic carbocycles. The minimum Gasteiger partial charge on any atom is -0.341 e. The van der Waals surface area contributed by atoms with E-state index in [4.69, 9.17) is 28.9 Å². The predicted octanol–water partition coefficient (Wildman–Crippen LogP) is 2.91. The molecule has 1 atom stereocenters. The van der Waals surface area contributed by atoms with Gasteiger partial charge in [0.2, 0.25) is 5.91 Å². The molecular weight excluding hydrogens is 307 g/mol. The van der Waals surface area contributed by atoms with Crippen molar-refractivity contribution >= 4 is 41.5 Å². The highest BCUT2D eigenvalue weighted by atomic mass is 35.5. The van der Waals surface area contributed by atoms with Crippen molar-refractivity contribution in [3.05, 3.63) is 33.8 Å². The van der Waals surface area contributed by atoms with Crippen LogP contribution in [0.2, 0.25) is 10.0 Å². The first-order valence-electron chi connectivity index (χ1n) is 6.03. The molecule has 1 aromatic rings. The van der Waals surface area contributed by atoms with Gasteiger partial charge in [0.25, 0.3) is 0 Å². The van der Waals surface area contributed by atoms with Crippen LogP contribution in [0.5, 0.6) is 0 Å². The molecule has 0 unspecified atom stereocenters. The van der Waals surface area contributed by atoms with Gasteiger partial charge in [0.15, 0.2) is 0 Å². The van der Waals surface area contributed by atoms with Crippen LogP contribution in [0.4, 0.5) is 0 Å². The second-order valence-corrected chi connectivity index (χ2v) is 5.57. The highest BCUT2D eigenvalue weighted by Gasteiger charge is 2.21. The van der Waals surface area contributed by atoms with Crippen molar-refractivity contribution in [1.29, 1.82) is 0 Å². The lowest BCUT2D eigenvalue weighted by molar-refractivity contribution is -0.131. The lowest BCUT2D eigenvalue weighted by Gasteiger charge is -2.30. The summed E-state index contributed by atoms with van der Waals surface area (Å²) in [5.74, 6) is 0.0866. The molecule has 0 spiro atoms. The number of halogens is 3. The molecular formula is C13H17Cl3N2O. The topological polar surface area (TPSA) is 46.3 Å². The van der Waals surface area contributed by atoms with E-state index in [-0.39, 0.29) is 24.4 Å². The number of hydrogen-bond acceptors (Lipinski definition) is 2. The zero-order chi connectivity index (χ0) is 13.1. The summed E-state index contributed by atoms with van der Waals surface area (Å²) in [4.78, 5) is 13.9. The molecule has 1 fully saturated rings. The first-order valence-corrected chi connectivity index (χ1v) is 6.78. The van der Waals surface area contributed by atoms with E-state index in [1.807, 2.05) is 4.90 Å². The molecule has 0 radical (unpaired) electrons. The van der Waals surface area contributed by atoms with E-state index in [0.717, 1.165) is 24.9 Å². The second-order valence-electron chi connectivity index (χ2n) is 4.70. The third-order valence-corrected chi connectivity index (χ3v) is 3.52. The van der Waals surface area contributed by atoms with Crippen LogP contribution < -0.4 is 5.73 Å². The fourth-order valence-corrected chi connectivity index (χ4v) is 2.81. The van der Waals surface area contributed by atoms with Crippen LogP contribution in [0.3, 0.4) is 0 Å². The maximum atomic E-state index is 12.1. The maximum absolute atomic E-state index is 12.1. The number of hydrogen-bond donors (Lipinski definition) is 1. The monoisotopic (exact) mass is 322 g/mol. The Morgan fingerprint density at radius 3 is 2.53 bits per heavy atom. The van der Waals surface area contributed by atoms with Crippen molar-refractivity contribution in [1.82, 2.24) is 4.90 Å². The molecule has 19 heavy (non-hydrogen) atoms. The average Bonchev–Trinajstić information content (AvgIpc) is 2.27. The number of rotatable bonds is 2. The average molecular weight is 324 g/mol. The van der Waals surface area contributed by atoms with E-state index >= 15 is 0 Å². The normalized spacial score (nSPS) is 18.9. The fraction of sp³-hybridized carbons (Fsp3) is 0.462. The largest absolute Gasteiger partial charge is 0.341 e. The van der Waals surface area contributed by atoms with E-state index in [1.54, 1.807) is 18.2 Å². The van der Waals surface area contributed by atoms with E-state index in [9.17, 15) is 4.79 Å². The minimum atomic E-state index is 0. The summed E-state index contributed by atoms with van der Waals surface area (Å²) in [6.45, 7) is 1.44. The summed E-state index contributed by atoms with van der Waals surface area (Å²) in [6, 6.07) is 5.31. The van der Waals surface area contributed by atoms with Gasteiger partial charge in [-0.3, -0.25) is 4.79 Å². The number of carbonyl (C=O) groups excluding carboxylic acids is 1. The van der Waals surface area contributed by atoms with Crippen LogP contribution in [0.1, 0.15) is 18.4 Å². The quantitative estimate of drug-likeness (QED) is 0.909. The third-order valence-electron chi connectivity index (χ3n) is 3.09. The van der Waals surface area contributed by atoms with Gasteiger partial charge in [-0.1, -0.05) is 23.2 Å². The molecule has 106 valence electrons. The van der Waals surface area contributed by atoms with Crippen LogP contribution in [0.25, 0.3) is 0 Å². The second kappa shape index (κ2) is 7.34. The molecule has 2 N–H and O–H groups in total. The van der Waals surface area contributed by atoms with E-state index in [0.29, 0.717) is 23.0 Å². The Kier molecular flexibility index (Phi) is 6.40. The maximum Gasteiger partial charge on any atom is 0.227 e. The van der Waals surface area contributed by atoms with Gasteiger partial charge in [0, 0.05) is 29.2 Å². The van der Waals surface area contributed by atoms with Crippen LogP contribution in [-0.2, 0) is 11.2 Å². The third kappa shape index (κ3) is 4.84. The van der Waals surface area contributed by atoms with Gasteiger partial charge in [-0.15, -0.1) is 12.4 Å². The zero-order valence-corrected chi connectivity index (χ0v) is 12.8. The minimum absolute atomic E-state index is 0. The summed E-state index contributed by atoms with van der Waals surface area (Å²) in [5, 5.41) is 1.11. The SMILES string of the molecule is Cl.N[C@@H]1CCCN(C(=O)Cc2cc(Cl)cc(Cl)c2)C1. The Labute approximate surface area is 129 Å². The van der Waals surface area contributed by atoms with Crippen molar-refractivity contribution in [3.63, 3.8) is 0 Å². The van der Waals surface area contributed by atoms with Crippen LogP contribution in [-0.4, -0.2) is 29.9 Å². The zero-order valence-electron chi connectivity index (χ0n) is 10.4. The van der Waals surface area contributed by atoms with Crippen molar-refractivity contribution in [2.45, 2.75) is 25.3 Å². The van der Waals surface area contributed by atoms with Crippen molar-refractivity contribution in [3.8, 4) is 0 Å². The molecule has 1 aliphatic rings. The molecule has 1 saturated heterocycles. The molecule has 0 bridgehead atoms. The van der Waals surface area contributed by atoms with Gasteiger partial charge in [0.05, 0.1) is 6.42 Å². The number of nitrogens with zero attached hydrogens (tertiary/aromatic N) is 1. The Balaban J connectivity index is 0.00000180. The number of carbonyl (C=O) groups is 1. The van der Waals surface area contributed by atoms with Gasteiger partial charge in [0.1, 0.15) is 0 Å². The molecule has 1 heterocycles. The summed E-state index contributed by atoms with van der Waals surface area (Å²) < 4.78 is 0. The molecule has 0 aliphatic carbocycles. The summed E-state index contributed by atoms with van der Waals surface area (Å²) in [6.07, 6.45) is 2.29. The molecule has 6 heteroatoms. The number of amides is 1. The van der Waals surface area contributed by atoms with E-state index in [2.05, 4.69) is 0 Å². The lowest BCUT2D eigenvalue weighted by Crippen LogP contribution is -2.46. The van der Waals surface area contributed by atoms with E-state index < -0.39 is 0 Å². The van der Waals surface area contributed by atoms with Crippen molar-refractivity contribution in [2.24, 2.45) is 5.73 Å². The predicted molar refractivity (Wildman–Crippen MR) is 81.2 cm³/mol. The highest BCUT2D eigenvalue weighted by molar-refractivity contribution is 6.34. The van der Waals surface area contributed by atoms with Crippen LogP contribution >= 0.6 is 35.6 Å². The molecule has 1 amide bonds. The lowest BCUT2D eigenvalue weighted by atomic mass is 10.1. The Morgan fingerprint density at radius 1 is 1.32 bits per heavy atom. The summed E-state index contributed by atoms with van der Waals surface area (Å²) in [7, 11) is 0. The van der Waals surface area contributed by atoms with Gasteiger partial charge in [-0.05, 0) is 36.6 Å². The number of nitrogens with two attached hydrogens (primary N) is 1. The Hall–Kier alpha value is -0.480. The number of benzene rings is 1. The fourth-order valence-electron chi connectivity index (χ4n) is 2.24. The molecule has 0 saturated carbocycles. The van der Waals surface area contributed by atoms with Crippen LogP contribution in [0.15, 0.2) is 18.2 Å². The smallest absolute Gasteiger partial charge is 0.227 e. The first kappa shape index (κ1) is 16.6. The number of piperidine rings is 1. The Bertz CT molecular complexity index is 433. The molecule has 2 rings (SSSR count). The standard InChI is InChI=1S/C13H16Cl2N2O.ClH/c14-10-4-9(5-11(15)7-10)6-13(18)17-3-1-2-12(16)8-17;/h4-5,7,12H,1-3,6,8,16H2;1H/t12-;/m1./s1. The van der Waals surface area contributed by atoms with E-state index in [1.165, 1.54) is 0 Å². The van der Waals surface area contributed by atoms with Crippen molar-refractivity contribution < 1.29 is 4.79 Å². The van der Waals surface area contributed by atoms with Gasteiger partial charge < -0.3 is 10.6 Å². The molecule has 1 aliphatic heterocycles. The Morgan fingerprint density at radius 2 is 1.95 bits per heavy atom. The van der Waals surface area contributed by atoms with Gasteiger partial charge >= 0.3 is 0 Å². The first-order chi connectivity index (χ1) is 8.54. The summed E-state index contributed by atoms with van der Waals surface area (Å²) in [5.41, 5.74) is 6.71. The molecule has 0 aromatic heterocycles. The van der Waals surface area contributed by atoms with Crippen molar-refractivity contribution in [2.75, 3.05) is 13.1 Å². The number of likely N-dealkylation sites (tertiary alicyclic amines) is 1.